The molecule has 0 aromatic heterocycles. The molecule has 0 aliphatic heterocycles. The molecule has 1 unspecified atom stereocenters. The van der Waals surface area contributed by atoms with Crippen molar-refractivity contribution in [2.75, 3.05) is 13.1 Å². The molecule has 0 saturated heterocycles. The predicted octanol–water partition coefficient (Wildman–Crippen LogP) is 3.63. The van der Waals surface area contributed by atoms with Gasteiger partial charge in [-0.1, -0.05) is 24.4 Å². The van der Waals surface area contributed by atoms with Crippen LogP contribution in [0.3, 0.4) is 0 Å². The first-order valence-electron chi connectivity index (χ1n) is 9.23. The van der Waals surface area contributed by atoms with Crippen molar-refractivity contribution in [3.8, 4) is 0 Å². The fraction of sp³-hybridized carbons (Fsp3) is 0.667. The van der Waals surface area contributed by atoms with E-state index in [2.05, 4.69) is 5.32 Å². The van der Waals surface area contributed by atoms with Crippen LogP contribution >= 0.6 is 11.6 Å². The Balaban J connectivity index is 2.25. The van der Waals surface area contributed by atoms with E-state index in [0.29, 0.717) is 42.8 Å². The molecule has 4 nitrogen and oxygen atoms in total. The van der Waals surface area contributed by atoms with Gasteiger partial charge in [0.05, 0.1) is 5.56 Å². The summed E-state index contributed by atoms with van der Waals surface area (Å²) in [6.07, 6.45) is 0.245. The molecule has 0 amide bonds. The summed E-state index contributed by atoms with van der Waals surface area (Å²) in [6, 6.07) is 3.40. The minimum atomic E-state index is -4.36. The average molecular weight is 409 g/mol. The Hall–Kier alpha value is -0.795. The molecule has 0 aliphatic carbocycles. The zero-order valence-corrected chi connectivity index (χ0v) is 16.4. The van der Waals surface area contributed by atoms with Gasteiger partial charge in [-0.05, 0) is 75.8 Å². The highest BCUT2D eigenvalue weighted by Gasteiger charge is 2.30. The number of halogens is 4. The molecule has 5 N–H and O–H groups in total. The lowest BCUT2D eigenvalue weighted by Crippen LogP contribution is -2.39. The van der Waals surface area contributed by atoms with E-state index in [0.717, 1.165) is 37.8 Å². The number of unbranched alkanes of at least 4 members (excludes halogenated alkanes) is 1. The molecule has 1 rings (SSSR count). The van der Waals surface area contributed by atoms with E-state index in [9.17, 15) is 13.2 Å². The molecule has 0 bridgehead atoms. The molecule has 0 aliphatic rings. The lowest BCUT2D eigenvalue weighted by atomic mass is 9.82. The normalized spacial score (nSPS) is 14.2. The van der Waals surface area contributed by atoms with E-state index in [1.54, 1.807) is 0 Å². The van der Waals surface area contributed by atoms with Crippen LogP contribution < -0.4 is 11.1 Å². The molecule has 0 fully saturated rings. The third kappa shape index (κ3) is 10.4. The van der Waals surface area contributed by atoms with Gasteiger partial charge in [0.2, 0.25) is 0 Å². The van der Waals surface area contributed by atoms with Crippen molar-refractivity contribution in [3.63, 3.8) is 0 Å². The van der Waals surface area contributed by atoms with Gasteiger partial charge in [-0.15, -0.1) is 0 Å². The smallest absolute Gasteiger partial charge is 0.427 e. The minimum absolute atomic E-state index is 0.336. The quantitative estimate of drug-likeness (QED) is 0.314. The molecule has 0 radical (unpaired) electrons. The van der Waals surface area contributed by atoms with E-state index >= 15 is 0 Å². The zero-order valence-electron chi connectivity index (χ0n) is 15.7. The van der Waals surface area contributed by atoms with Gasteiger partial charge in [0.25, 0.3) is 0 Å². The molecular weight excluding hydrogens is 379 g/mol. The first kappa shape index (κ1) is 24.2. The second kappa shape index (κ2) is 11.3. The van der Waals surface area contributed by atoms with Gasteiger partial charge in [-0.25, -0.2) is 0 Å². The van der Waals surface area contributed by atoms with Crippen LogP contribution in [-0.4, -0.2) is 35.8 Å². The molecule has 154 valence electrons. The second-order valence-electron chi connectivity index (χ2n) is 7.29. The van der Waals surface area contributed by atoms with E-state index < -0.39 is 18.9 Å². The number of hydrogen-bond donors (Lipinski definition) is 4. The molecule has 9 heteroatoms. The highest BCUT2D eigenvalue weighted by molar-refractivity contribution is 6.40. The van der Waals surface area contributed by atoms with Crippen molar-refractivity contribution in [1.82, 2.24) is 5.32 Å². The Bertz CT molecular complexity index is 572. The third-order valence-corrected chi connectivity index (χ3v) is 4.87. The molecular formula is C18H29BClF3N2O2. The number of benzene rings is 1. The number of rotatable bonds is 12. The zero-order chi connectivity index (χ0) is 20.5. The van der Waals surface area contributed by atoms with Crippen LogP contribution in [0.25, 0.3) is 0 Å². The largest absolute Gasteiger partial charge is 0.451 e. The first-order valence-corrected chi connectivity index (χ1v) is 9.60. The van der Waals surface area contributed by atoms with E-state index in [1.807, 2.05) is 6.92 Å². The lowest BCUT2D eigenvalue weighted by Gasteiger charge is -2.25. The van der Waals surface area contributed by atoms with Gasteiger partial charge < -0.3 is 21.1 Å². The Labute approximate surface area is 164 Å². The third-order valence-electron chi connectivity index (χ3n) is 4.51. The highest BCUT2D eigenvalue weighted by atomic mass is 35.5. The number of nitrogens with one attached hydrogen (secondary N) is 1. The summed E-state index contributed by atoms with van der Waals surface area (Å²) in [5.41, 5.74) is 5.72. The number of hydrogen-bond acceptors (Lipinski definition) is 4. The summed E-state index contributed by atoms with van der Waals surface area (Å²) in [5, 5.41) is 21.2. The molecule has 27 heavy (non-hydrogen) atoms. The van der Waals surface area contributed by atoms with Gasteiger partial charge >= 0.3 is 13.3 Å². The Morgan fingerprint density at radius 1 is 1.11 bits per heavy atom. The van der Waals surface area contributed by atoms with Crippen molar-refractivity contribution in [2.45, 2.75) is 63.5 Å². The van der Waals surface area contributed by atoms with Crippen LogP contribution in [0.4, 0.5) is 13.2 Å². The summed E-state index contributed by atoms with van der Waals surface area (Å²) in [4.78, 5) is 0. The highest BCUT2D eigenvalue weighted by Crippen LogP contribution is 2.32. The van der Waals surface area contributed by atoms with Crippen LogP contribution in [0, 0.1) is 0 Å². The fourth-order valence-corrected chi connectivity index (χ4v) is 3.04. The molecule has 1 aromatic carbocycles. The molecule has 1 aromatic rings. The summed E-state index contributed by atoms with van der Waals surface area (Å²) in [6.45, 7) is 3.35. The Kier molecular flexibility index (Phi) is 10.1. The van der Waals surface area contributed by atoms with Gasteiger partial charge in [0.1, 0.15) is 0 Å². The second-order valence-corrected chi connectivity index (χ2v) is 7.70. The van der Waals surface area contributed by atoms with Crippen molar-refractivity contribution < 1.29 is 23.2 Å². The topological polar surface area (TPSA) is 78.5 Å². The summed E-state index contributed by atoms with van der Waals surface area (Å²) in [7, 11) is -1.26. The van der Waals surface area contributed by atoms with Crippen LogP contribution in [0.15, 0.2) is 18.2 Å². The molecule has 1 atom stereocenters. The SMILES string of the molecule is CC(N)(CCCCB(O)O)CCNCCCc1cc(C(F)(F)F)ccc1Cl. The van der Waals surface area contributed by atoms with Crippen LogP contribution in [0.1, 0.15) is 50.2 Å². The van der Waals surface area contributed by atoms with Crippen molar-refractivity contribution in [3.05, 3.63) is 34.3 Å². The van der Waals surface area contributed by atoms with Crippen molar-refractivity contribution in [2.24, 2.45) is 5.73 Å². The molecule has 0 heterocycles. The van der Waals surface area contributed by atoms with Crippen LogP contribution in [0.2, 0.25) is 11.3 Å². The summed E-state index contributed by atoms with van der Waals surface area (Å²) in [5.74, 6) is 0. The van der Waals surface area contributed by atoms with Gasteiger partial charge in [0, 0.05) is 10.6 Å². The monoisotopic (exact) mass is 408 g/mol. The maximum atomic E-state index is 12.8. The first-order chi connectivity index (χ1) is 12.5. The Morgan fingerprint density at radius 2 is 1.81 bits per heavy atom. The molecule has 0 saturated carbocycles. The van der Waals surface area contributed by atoms with Crippen molar-refractivity contribution >= 4 is 18.7 Å². The molecule has 0 spiro atoms. The standard InChI is InChI=1S/C18H29BClF3N2O2/c1-17(24,8-2-3-10-19(26)27)9-12-25-11-4-5-14-13-15(18(21,22)23)6-7-16(14)20/h6-7,13,25-27H,2-5,8-12,24H2,1H3. The van der Waals surface area contributed by atoms with Gasteiger partial charge in [-0.2, -0.15) is 13.2 Å². The average Bonchev–Trinajstić information content (AvgIpc) is 2.55. The summed E-state index contributed by atoms with van der Waals surface area (Å²) >= 11 is 5.99. The Morgan fingerprint density at radius 3 is 2.44 bits per heavy atom. The van der Waals surface area contributed by atoms with E-state index in [1.165, 1.54) is 6.07 Å². The predicted molar refractivity (Wildman–Crippen MR) is 104 cm³/mol. The van der Waals surface area contributed by atoms with E-state index in [-0.39, 0.29) is 5.54 Å². The minimum Gasteiger partial charge on any atom is -0.427 e. The van der Waals surface area contributed by atoms with Gasteiger partial charge in [0.15, 0.2) is 0 Å². The summed E-state index contributed by atoms with van der Waals surface area (Å²) < 4.78 is 38.3. The van der Waals surface area contributed by atoms with Crippen LogP contribution in [-0.2, 0) is 12.6 Å². The van der Waals surface area contributed by atoms with E-state index in [4.69, 9.17) is 27.4 Å². The van der Waals surface area contributed by atoms with Crippen LogP contribution in [0.5, 0.6) is 0 Å². The fourth-order valence-electron chi connectivity index (χ4n) is 2.83. The number of alkyl halides is 3. The number of aryl methyl sites for hydroxylation is 1. The lowest BCUT2D eigenvalue weighted by molar-refractivity contribution is -0.137. The number of nitrogens with two attached hydrogens (primary N) is 1. The van der Waals surface area contributed by atoms with Gasteiger partial charge in [-0.3, -0.25) is 0 Å². The maximum Gasteiger partial charge on any atom is 0.451 e. The maximum absolute atomic E-state index is 12.8. The van der Waals surface area contributed by atoms with Crippen molar-refractivity contribution in [1.29, 1.82) is 0 Å².